The molecule has 0 unspecified atom stereocenters. The molecule has 0 spiro atoms. The Morgan fingerprint density at radius 1 is 1.16 bits per heavy atom. The van der Waals surface area contributed by atoms with Gasteiger partial charge in [-0.25, -0.2) is 13.2 Å². The maximum absolute atomic E-state index is 13.4. The number of halogens is 3. The second-order valence-electron chi connectivity index (χ2n) is 3.66. The fourth-order valence-corrected chi connectivity index (χ4v) is 1.41. The van der Waals surface area contributed by atoms with Crippen LogP contribution >= 0.6 is 0 Å². The van der Waals surface area contributed by atoms with Crippen molar-refractivity contribution >= 4 is 17.3 Å². The number of benzene rings is 1. The van der Waals surface area contributed by atoms with Crippen LogP contribution in [0.5, 0.6) is 0 Å². The first-order valence-corrected chi connectivity index (χ1v) is 5.14. The summed E-state index contributed by atoms with van der Waals surface area (Å²) in [7, 11) is 0. The maximum atomic E-state index is 13.4. The molecule has 0 fully saturated rings. The molecular formula is C12H8F3N3O. The minimum absolute atomic E-state index is 0.165. The Bertz CT molecular complexity index is 646. The molecular weight excluding hydrogens is 259 g/mol. The molecule has 1 aromatic carbocycles. The van der Waals surface area contributed by atoms with Crippen LogP contribution in [0.4, 0.5) is 24.5 Å². The molecule has 0 bridgehead atoms. The minimum atomic E-state index is -1.08. The fraction of sp³-hybridized carbons (Fsp3) is 0. The summed E-state index contributed by atoms with van der Waals surface area (Å²) in [6, 6.07) is 2.55. The second-order valence-corrected chi connectivity index (χ2v) is 3.66. The summed E-state index contributed by atoms with van der Waals surface area (Å²) < 4.78 is 39.6. The number of carbonyl (C=O) groups excluding carboxylic acids is 1. The molecule has 2 rings (SSSR count). The van der Waals surface area contributed by atoms with Crippen LogP contribution in [-0.4, -0.2) is 10.9 Å². The Hall–Kier alpha value is -2.57. The topological polar surface area (TPSA) is 68.0 Å². The Kier molecular flexibility index (Phi) is 3.37. The van der Waals surface area contributed by atoms with Crippen molar-refractivity contribution in [3.8, 4) is 0 Å². The van der Waals surface area contributed by atoms with Crippen LogP contribution < -0.4 is 11.1 Å². The lowest BCUT2D eigenvalue weighted by atomic mass is 10.1. The van der Waals surface area contributed by atoms with Crippen molar-refractivity contribution in [2.45, 2.75) is 0 Å². The first-order chi connectivity index (χ1) is 8.99. The van der Waals surface area contributed by atoms with Crippen molar-refractivity contribution < 1.29 is 18.0 Å². The lowest BCUT2D eigenvalue weighted by Gasteiger charge is -2.07. The van der Waals surface area contributed by atoms with Crippen LogP contribution in [0.1, 0.15) is 10.4 Å². The van der Waals surface area contributed by atoms with E-state index in [4.69, 9.17) is 5.73 Å². The van der Waals surface area contributed by atoms with Crippen molar-refractivity contribution in [2.24, 2.45) is 0 Å². The number of hydrogen-bond acceptors (Lipinski definition) is 3. The average Bonchev–Trinajstić information content (AvgIpc) is 2.36. The third kappa shape index (κ3) is 2.65. The van der Waals surface area contributed by atoms with E-state index in [1.54, 1.807) is 0 Å². The summed E-state index contributed by atoms with van der Waals surface area (Å²) in [4.78, 5) is 15.2. The zero-order valence-electron chi connectivity index (χ0n) is 9.45. The molecule has 1 aromatic heterocycles. The highest BCUT2D eigenvalue weighted by Crippen LogP contribution is 2.19. The van der Waals surface area contributed by atoms with Gasteiger partial charge < -0.3 is 11.1 Å². The Labute approximate surface area is 106 Å². The monoisotopic (exact) mass is 267 g/mol. The van der Waals surface area contributed by atoms with Gasteiger partial charge in [-0.15, -0.1) is 0 Å². The highest BCUT2D eigenvalue weighted by Gasteiger charge is 2.16. The van der Waals surface area contributed by atoms with Gasteiger partial charge >= 0.3 is 0 Å². The van der Waals surface area contributed by atoms with E-state index in [0.717, 1.165) is 12.3 Å². The van der Waals surface area contributed by atoms with Gasteiger partial charge in [-0.3, -0.25) is 9.78 Å². The number of pyridine rings is 1. The summed E-state index contributed by atoms with van der Waals surface area (Å²) in [5.41, 5.74) is 4.23. The number of aromatic nitrogens is 1. The minimum Gasteiger partial charge on any atom is -0.396 e. The van der Waals surface area contributed by atoms with Crippen molar-refractivity contribution in [1.82, 2.24) is 4.98 Å². The zero-order chi connectivity index (χ0) is 14.0. The molecule has 2 aromatic rings. The number of nitrogen functional groups attached to an aromatic ring is 1. The fourth-order valence-electron chi connectivity index (χ4n) is 1.41. The van der Waals surface area contributed by atoms with Gasteiger partial charge in [0.2, 0.25) is 0 Å². The average molecular weight is 267 g/mol. The molecule has 19 heavy (non-hydrogen) atoms. The molecule has 3 N–H and O–H groups in total. The highest BCUT2D eigenvalue weighted by molar-refractivity contribution is 6.05. The van der Waals surface area contributed by atoms with Gasteiger partial charge in [-0.2, -0.15) is 0 Å². The van der Waals surface area contributed by atoms with Crippen LogP contribution in [0.15, 0.2) is 30.6 Å². The molecule has 1 amide bonds. The number of nitrogens with zero attached hydrogens (tertiary/aromatic N) is 1. The van der Waals surface area contributed by atoms with Gasteiger partial charge in [-0.05, 0) is 12.1 Å². The molecule has 0 saturated heterocycles. The molecule has 0 radical (unpaired) electrons. The maximum Gasteiger partial charge on any atom is 0.258 e. The van der Waals surface area contributed by atoms with Gasteiger partial charge in [0.05, 0.1) is 23.1 Å². The van der Waals surface area contributed by atoms with Crippen molar-refractivity contribution in [3.05, 3.63) is 53.6 Å². The van der Waals surface area contributed by atoms with Crippen LogP contribution in [0.2, 0.25) is 0 Å². The normalized spacial score (nSPS) is 10.3. The lowest BCUT2D eigenvalue weighted by Crippen LogP contribution is -2.15. The van der Waals surface area contributed by atoms with Crippen LogP contribution in [0.3, 0.4) is 0 Å². The second kappa shape index (κ2) is 4.97. The number of nitrogens with one attached hydrogen (secondary N) is 1. The van der Waals surface area contributed by atoms with Crippen molar-refractivity contribution in [1.29, 1.82) is 0 Å². The van der Waals surface area contributed by atoms with Crippen molar-refractivity contribution in [3.63, 3.8) is 0 Å². The van der Waals surface area contributed by atoms with E-state index in [0.29, 0.717) is 6.07 Å². The lowest BCUT2D eigenvalue weighted by molar-refractivity contribution is 0.102. The molecule has 0 aliphatic rings. The third-order valence-corrected chi connectivity index (χ3v) is 2.35. The summed E-state index contributed by atoms with van der Waals surface area (Å²) in [6.45, 7) is 0. The van der Waals surface area contributed by atoms with E-state index in [-0.39, 0.29) is 11.4 Å². The van der Waals surface area contributed by atoms with E-state index in [1.165, 1.54) is 12.3 Å². The molecule has 0 aliphatic heterocycles. The zero-order valence-corrected chi connectivity index (χ0v) is 9.45. The first-order valence-electron chi connectivity index (χ1n) is 5.14. The Morgan fingerprint density at radius 2 is 1.89 bits per heavy atom. The predicted octanol–water partition coefficient (Wildman–Crippen LogP) is 2.33. The van der Waals surface area contributed by atoms with Gasteiger partial charge in [0.15, 0.2) is 5.82 Å². The molecule has 7 heteroatoms. The molecule has 4 nitrogen and oxygen atoms in total. The molecule has 1 heterocycles. The Morgan fingerprint density at radius 3 is 2.58 bits per heavy atom. The number of nitrogens with two attached hydrogens (primary N) is 1. The number of amides is 1. The molecule has 0 aliphatic carbocycles. The van der Waals surface area contributed by atoms with E-state index in [2.05, 4.69) is 10.3 Å². The Balaban J connectivity index is 2.31. The third-order valence-electron chi connectivity index (χ3n) is 2.35. The van der Waals surface area contributed by atoms with E-state index in [1.807, 2.05) is 0 Å². The van der Waals surface area contributed by atoms with Gasteiger partial charge in [0.25, 0.3) is 5.91 Å². The summed E-state index contributed by atoms with van der Waals surface area (Å²) in [5, 5.41) is 2.14. The van der Waals surface area contributed by atoms with E-state index < -0.39 is 28.9 Å². The number of carbonyl (C=O) groups is 1. The SMILES string of the molecule is Nc1cc(C(=O)Nc2ccncc2F)c(F)cc1F. The molecule has 0 atom stereocenters. The summed E-state index contributed by atoms with van der Waals surface area (Å²) >= 11 is 0. The first kappa shape index (κ1) is 12.9. The van der Waals surface area contributed by atoms with Crippen LogP contribution in [0.25, 0.3) is 0 Å². The standard InChI is InChI=1S/C12H8F3N3O/c13-7-4-8(14)10(16)3-6(7)12(19)18-11-1-2-17-5-9(11)15/h1-5H,16H2,(H,17,18,19). The van der Waals surface area contributed by atoms with Gasteiger partial charge in [0.1, 0.15) is 11.6 Å². The van der Waals surface area contributed by atoms with E-state index in [9.17, 15) is 18.0 Å². The largest absolute Gasteiger partial charge is 0.396 e. The van der Waals surface area contributed by atoms with Crippen LogP contribution in [-0.2, 0) is 0 Å². The summed E-state index contributed by atoms with van der Waals surface area (Å²) in [5.74, 6) is -3.76. The van der Waals surface area contributed by atoms with Gasteiger partial charge in [0, 0.05) is 12.3 Å². The predicted molar refractivity (Wildman–Crippen MR) is 62.9 cm³/mol. The smallest absolute Gasteiger partial charge is 0.258 e. The highest BCUT2D eigenvalue weighted by atomic mass is 19.1. The van der Waals surface area contributed by atoms with E-state index >= 15 is 0 Å². The molecule has 98 valence electrons. The number of rotatable bonds is 2. The molecule has 0 saturated carbocycles. The quantitative estimate of drug-likeness (QED) is 0.820. The van der Waals surface area contributed by atoms with Crippen molar-refractivity contribution in [2.75, 3.05) is 11.1 Å². The number of hydrogen-bond donors (Lipinski definition) is 2. The summed E-state index contributed by atoms with van der Waals surface area (Å²) in [6.07, 6.45) is 2.15. The number of anilines is 2. The van der Waals surface area contributed by atoms with Gasteiger partial charge in [-0.1, -0.05) is 0 Å². The van der Waals surface area contributed by atoms with Crippen LogP contribution in [0, 0.1) is 17.5 Å².